The Kier molecular flexibility index (Phi) is 4.78. The van der Waals surface area contributed by atoms with Gasteiger partial charge in [-0.25, -0.2) is 0 Å². The number of aliphatic hydroxyl groups is 2. The van der Waals surface area contributed by atoms with Crippen LogP contribution in [0.2, 0.25) is 0 Å². The summed E-state index contributed by atoms with van der Waals surface area (Å²) >= 11 is 0. The first kappa shape index (κ1) is 21.4. The summed E-state index contributed by atoms with van der Waals surface area (Å²) in [5, 5.41) is 21.5. The number of aliphatic hydroxyl groups excluding tert-OH is 2. The van der Waals surface area contributed by atoms with Crippen LogP contribution in [0.3, 0.4) is 0 Å². The monoisotopic (exact) mass is 432 g/mol. The first-order valence-corrected chi connectivity index (χ1v) is 13.4. The SMILES string of the molecule is C[C@H]1CC[C@@]2(OC1)O[C@H]1C[C@@H]3[C@H]4C[C@@H](O)[C@H]5C[C@@H](O)CC[C@]5(C)[C@H]4CC[C@]3(C)[C@H]1[C@@H]2C. The van der Waals surface area contributed by atoms with E-state index < -0.39 is 0 Å². The highest BCUT2D eigenvalue weighted by Crippen LogP contribution is 2.71. The zero-order chi connectivity index (χ0) is 21.8. The molecule has 4 aliphatic carbocycles. The molecule has 6 fully saturated rings. The van der Waals surface area contributed by atoms with Crippen LogP contribution in [-0.4, -0.2) is 40.9 Å². The smallest absolute Gasteiger partial charge is 0.171 e. The molecular weight excluding hydrogens is 388 g/mol. The van der Waals surface area contributed by atoms with E-state index in [2.05, 4.69) is 27.7 Å². The van der Waals surface area contributed by atoms with Gasteiger partial charge < -0.3 is 19.7 Å². The number of hydrogen-bond donors (Lipinski definition) is 2. The molecule has 0 radical (unpaired) electrons. The second-order valence-corrected chi connectivity index (χ2v) is 13.2. The largest absolute Gasteiger partial charge is 0.393 e. The van der Waals surface area contributed by atoms with Crippen molar-refractivity contribution in [2.24, 2.45) is 52.3 Å². The summed E-state index contributed by atoms with van der Waals surface area (Å²) in [4.78, 5) is 0. The molecule has 6 rings (SSSR count). The minimum atomic E-state index is -0.338. The molecule has 13 atom stereocenters. The molecule has 4 nitrogen and oxygen atoms in total. The van der Waals surface area contributed by atoms with Crippen molar-refractivity contribution in [1.29, 1.82) is 0 Å². The molecule has 0 amide bonds. The highest BCUT2D eigenvalue weighted by molar-refractivity contribution is 5.16. The second-order valence-electron chi connectivity index (χ2n) is 13.2. The van der Waals surface area contributed by atoms with Crippen LogP contribution in [0.15, 0.2) is 0 Å². The van der Waals surface area contributed by atoms with Crippen molar-refractivity contribution in [3.05, 3.63) is 0 Å². The van der Waals surface area contributed by atoms with Crippen LogP contribution >= 0.6 is 0 Å². The average Bonchev–Trinajstić information content (AvgIpc) is 3.17. The van der Waals surface area contributed by atoms with Gasteiger partial charge in [0.25, 0.3) is 0 Å². The van der Waals surface area contributed by atoms with Crippen molar-refractivity contribution in [3.63, 3.8) is 0 Å². The number of hydrogen-bond acceptors (Lipinski definition) is 4. The molecule has 0 aromatic heterocycles. The highest BCUT2D eigenvalue weighted by atomic mass is 16.7. The van der Waals surface area contributed by atoms with Gasteiger partial charge in [0.2, 0.25) is 0 Å². The second kappa shape index (κ2) is 6.93. The average molecular weight is 433 g/mol. The van der Waals surface area contributed by atoms with Gasteiger partial charge in [-0.15, -0.1) is 0 Å². The molecule has 31 heavy (non-hydrogen) atoms. The predicted molar refractivity (Wildman–Crippen MR) is 119 cm³/mol. The van der Waals surface area contributed by atoms with Crippen LogP contribution in [0.5, 0.6) is 0 Å². The minimum Gasteiger partial charge on any atom is -0.393 e. The predicted octanol–water partition coefficient (Wildman–Crippen LogP) is 4.76. The zero-order valence-electron chi connectivity index (χ0n) is 20.1. The summed E-state index contributed by atoms with van der Waals surface area (Å²) in [6, 6.07) is 0. The molecule has 176 valence electrons. The minimum absolute atomic E-state index is 0.191. The molecule has 0 aromatic rings. The van der Waals surface area contributed by atoms with E-state index in [-0.39, 0.29) is 29.3 Å². The molecule has 1 spiro atoms. The lowest BCUT2D eigenvalue weighted by Gasteiger charge is -2.62. The normalized spacial score (nSPS) is 63.3. The topological polar surface area (TPSA) is 58.9 Å². The fourth-order valence-corrected chi connectivity index (χ4v) is 10.3. The quantitative estimate of drug-likeness (QED) is 0.579. The summed E-state index contributed by atoms with van der Waals surface area (Å²) < 4.78 is 13.3. The Labute approximate surface area is 188 Å². The molecule has 4 saturated carbocycles. The third-order valence-electron chi connectivity index (χ3n) is 11.9. The van der Waals surface area contributed by atoms with Crippen LogP contribution in [0, 0.1) is 52.3 Å². The number of fused-ring (bicyclic) bond motifs is 7. The van der Waals surface area contributed by atoms with Gasteiger partial charge in [-0.2, -0.15) is 0 Å². The molecule has 2 saturated heterocycles. The van der Waals surface area contributed by atoms with Gasteiger partial charge in [0.05, 0.1) is 24.9 Å². The Balaban J connectivity index is 1.28. The van der Waals surface area contributed by atoms with E-state index in [1.165, 1.54) is 19.3 Å². The lowest BCUT2D eigenvalue weighted by atomic mass is 9.43. The molecule has 2 aliphatic heterocycles. The van der Waals surface area contributed by atoms with Gasteiger partial charge in [-0.3, -0.25) is 0 Å². The summed E-state index contributed by atoms with van der Waals surface area (Å²) in [6.45, 7) is 10.6. The van der Waals surface area contributed by atoms with Crippen molar-refractivity contribution in [3.8, 4) is 0 Å². The summed E-state index contributed by atoms with van der Waals surface area (Å²) in [5.41, 5.74) is 0.495. The van der Waals surface area contributed by atoms with Crippen LogP contribution in [0.25, 0.3) is 0 Å². The first-order valence-electron chi connectivity index (χ1n) is 13.4. The van der Waals surface area contributed by atoms with Crippen LogP contribution in [0.4, 0.5) is 0 Å². The fourth-order valence-electron chi connectivity index (χ4n) is 10.3. The van der Waals surface area contributed by atoms with E-state index in [0.29, 0.717) is 47.0 Å². The maximum atomic E-state index is 11.2. The molecule has 0 aromatic carbocycles. The van der Waals surface area contributed by atoms with Crippen molar-refractivity contribution in [2.45, 2.75) is 110 Å². The molecule has 2 heterocycles. The van der Waals surface area contributed by atoms with Gasteiger partial charge in [0.15, 0.2) is 5.79 Å². The molecule has 0 unspecified atom stereocenters. The van der Waals surface area contributed by atoms with E-state index in [9.17, 15) is 10.2 Å². The summed E-state index contributed by atoms with van der Waals surface area (Å²) in [6.07, 6.45) is 9.58. The Hall–Kier alpha value is -0.160. The number of ether oxygens (including phenoxy) is 2. The van der Waals surface area contributed by atoms with Gasteiger partial charge in [-0.1, -0.05) is 27.7 Å². The van der Waals surface area contributed by atoms with Crippen molar-refractivity contribution >= 4 is 0 Å². The summed E-state index contributed by atoms with van der Waals surface area (Å²) in [7, 11) is 0. The lowest BCUT2D eigenvalue weighted by Crippen LogP contribution is -2.58. The number of rotatable bonds is 0. The third kappa shape index (κ3) is 2.80. The Bertz CT molecular complexity index is 716. The van der Waals surface area contributed by atoms with Crippen molar-refractivity contribution in [1.82, 2.24) is 0 Å². The molecule has 6 aliphatic rings. The first-order chi connectivity index (χ1) is 14.7. The summed E-state index contributed by atoms with van der Waals surface area (Å²) in [5.74, 6) is 3.58. The standard InChI is InChI=1S/C27H44O4/c1-15-5-10-27(30-14-15)16(2)24-23(31-27)13-20-18-12-22(29)21-11-17(28)6-8-25(21,3)19(18)7-9-26(20,24)4/h15-24,28-29H,5-14H2,1-4H3/t15-,16-,17-,18-,19-,20+,21+,22+,23-,24-,25+,26-,27+/m0/s1. The Morgan fingerprint density at radius 3 is 2.32 bits per heavy atom. The maximum absolute atomic E-state index is 11.2. The lowest BCUT2D eigenvalue weighted by molar-refractivity contribution is -0.273. The van der Waals surface area contributed by atoms with E-state index >= 15 is 0 Å². The Morgan fingerprint density at radius 2 is 1.58 bits per heavy atom. The van der Waals surface area contributed by atoms with Gasteiger partial charge in [-0.05, 0) is 97.7 Å². The van der Waals surface area contributed by atoms with E-state index in [1.807, 2.05) is 0 Å². The van der Waals surface area contributed by atoms with E-state index in [1.54, 1.807) is 0 Å². The highest BCUT2D eigenvalue weighted by Gasteiger charge is 2.69. The molecule has 2 N–H and O–H groups in total. The van der Waals surface area contributed by atoms with Crippen molar-refractivity contribution in [2.75, 3.05) is 6.61 Å². The van der Waals surface area contributed by atoms with Crippen LogP contribution < -0.4 is 0 Å². The van der Waals surface area contributed by atoms with Crippen LogP contribution in [0.1, 0.15) is 85.5 Å². The maximum Gasteiger partial charge on any atom is 0.171 e. The van der Waals surface area contributed by atoms with Gasteiger partial charge in [0.1, 0.15) is 0 Å². The van der Waals surface area contributed by atoms with E-state index in [4.69, 9.17) is 9.47 Å². The van der Waals surface area contributed by atoms with E-state index in [0.717, 1.165) is 45.1 Å². The van der Waals surface area contributed by atoms with Gasteiger partial charge >= 0.3 is 0 Å². The fraction of sp³-hybridized carbons (Fsp3) is 1.00. The Morgan fingerprint density at radius 1 is 0.806 bits per heavy atom. The molecule has 0 bridgehead atoms. The van der Waals surface area contributed by atoms with Crippen LogP contribution in [-0.2, 0) is 9.47 Å². The molecular formula is C27H44O4. The van der Waals surface area contributed by atoms with Gasteiger partial charge in [0, 0.05) is 12.3 Å². The van der Waals surface area contributed by atoms with Crippen molar-refractivity contribution < 1.29 is 19.7 Å². The molecule has 4 heteroatoms. The third-order valence-corrected chi connectivity index (χ3v) is 11.9. The zero-order valence-corrected chi connectivity index (χ0v) is 20.1.